The first-order chi connectivity index (χ1) is 6.14. The molecule has 0 radical (unpaired) electrons. The summed E-state index contributed by atoms with van der Waals surface area (Å²) in [4.78, 5) is 9.14. The second-order valence-electron chi connectivity index (χ2n) is 2.02. The Kier molecular flexibility index (Phi) is 3.86. The van der Waals surface area contributed by atoms with E-state index in [4.69, 9.17) is 4.89 Å². The van der Waals surface area contributed by atoms with Gasteiger partial charge in [0.2, 0.25) is 5.16 Å². The van der Waals surface area contributed by atoms with Crippen molar-refractivity contribution in [3.05, 3.63) is 0 Å². The minimum Gasteiger partial charge on any atom is -0.324 e. The first-order valence-corrected chi connectivity index (χ1v) is 6.21. The topological polar surface area (TPSA) is 101 Å². The average Bonchev–Trinajstić information content (AvgIpc) is 2.52. The molecule has 0 aromatic carbocycles. The summed E-state index contributed by atoms with van der Waals surface area (Å²) in [7, 11) is -3.49. The normalized spacial score (nSPS) is 15.5. The molecule has 1 aromatic rings. The number of rotatable bonds is 5. The quantitative estimate of drug-likeness (QED) is 0.553. The molecule has 0 bridgehead atoms. The highest BCUT2D eigenvalue weighted by atomic mass is 32.2. The average molecular weight is 224 g/mol. The molecule has 1 rings (SSSR count). The number of nitrogens with zero attached hydrogens (tertiary/aromatic N) is 3. The molecule has 0 spiro atoms. The Morgan fingerprint density at radius 3 is 3.08 bits per heavy atom. The van der Waals surface area contributed by atoms with E-state index in [1.165, 1.54) is 0 Å². The maximum Gasteiger partial charge on any atom is 0.338 e. The lowest BCUT2D eigenvalue weighted by molar-refractivity contribution is 0.278. The molecule has 0 fully saturated rings. The smallest absolute Gasteiger partial charge is 0.324 e. The highest BCUT2D eigenvalue weighted by molar-refractivity contribution is 8.04. The SMILES string of the molecule is CCOP(=O)(O)CSc1nn[nH]n1. The predicted octanol–water partition coefficient (Wildman–Crippen LogP) is 0.471. The Morgan fingerprint density at radius 1 is 1.77 bits per heavy atom. The molecular formula is C4H9N4O3PS. The van der Waals surface area contributed by atoms with Gasteiger partial charge in [0.05, 0.1) is 6.61 Å². The first kappa shape index (κ1) is 10.6. The van der Waals surface area contributed by atoms with Crippen LogP contribution in [0.4, 0.5) is 0 Å². The van der Waals surface area contributed by atoms with E-state index in [9.17, 15) is 4.57 Å². The van der Waals surface area contributed by atoms with Crippen molar-refractivity contribution in [2.45, 2.75) is 12.1 Å². The largest absolute Gasteiger partial charge is 0.338 e. The van der Waals surface area contributed by atoms with Crippen LogP contribution in [0.25, 0.3) is 0 Å². The van der Waals surface area contributed by atoms with Gasteiger partial charge in [0.1, 0.15) is 5.49 Å². The number of aromatic nitrogens is 4. The number of tetrazole rings is 1. The third-order valence-electron chi connectivity index (χ3n) is 1.01. The highest BCUT2D eigenvalue weighted by Crippen LogP contribution is 2.45. The number of nitrogens with one attached hydrogen (secondary N) is 1. The summed E-state index contributed by atoms with van der Waals surface area (Å²) in [6, 6.07) is 0. The second-order valence-corrected chi connectivity index (χ2v) is 5.24. The molecule has 0 amide bonds. The zero-order valence-electron chi connectivity index (χ0n) is 6.88. The van der Waals surface area contributed by atoms with Crippen molar-refractivity contribution < 1.29 is 14.0 Å². The van der Waals surface area contributed by atoms with Gasteiger partial charge in [0, 0.05) is 0 Å². The molecule has 13 heavy (non-hydrogen) atoms. The predicted molar refractivity (Wildman–Crippen MR) is 46.4 cm³/mol. The number of aromatic amines is 1. The van der Waals surface area contributed by atoms with Crippen LogP contribution in [-0.2, 0) is 9.09 Å². The summed E-state index contributed by atoms with van der Waals surface area (Å²) < 4.78 is 15.8. The molecule has 74 valence electrons. The van der Waals surface area contributed by atoms with Gasteiger partial charge in [-0.25, -0.2) is 0 Å². The lowest BCUT2D eigenvalue weighted by atomic mass is 10.9. The van der Waals surface area contributed by atoms with Crippen molar-refractivity contribution in [2.24, 2.45) is 0 Å². The van der Waals surface area contributed by atoms with E-state index in [2.05, 4.69) is 25.1 Å². The maximum atomic E-state index is 11.1. The molecule has 1 atom stereocenters. The van der Waals surface area contributed by atoms with Crippen LogP contribution in [0.15, 0.2) is 5.16 Å². The van der Waals surface area contributed by atoms with Gasteiger partial charge in [-0.05, 0) is 12.1 Å². The standard InChI is InChI=1S/C4H9N4O3PS/c1-2-11-12(9,10)3-13-4-5-7-8-6-4/h2-3H2,1H3,(H,9,10)(H,5,6,7,8). The second kappa shape index (κ2) is 4.71. The van der Waals surface area contributed by atoms with Gasteiger partial charge in [-0.15, -0.1) is 10.2 Å². The Bertz CT molecular complexity index is 292. The maximum absolute atomic E-state index is 11.1. The van der Waals surface area contributed by atoms with Gasteiger partial charge in [-0.3, -0.25) is 4.57 Å². The molecule has 0 saturated heterocycles. The summed E-state index contributed by atoms with van der Waals surface area (Å²) in [5, 5.41) is 13.1. The van der Waals surface area contributed by atoms with Crippen LogP contribution in [0, 0.1) is 0 Å². The summed E-state index contributed by atoms with van der Waals surface area (Å²) in [5.74, 6) is 0. The molecule has 2 N–H and O–H groups in total. The van der Waals surface area contributed by atoms with Crippen molar-refractivity contribution in [3.63, 3.8) is 0 Å². The molecule has 1 heterocycles. The molecule has 0 aliphatic heterocycles. The Balaban J connectivity index is 2.38. The van der Waals surface area contributed by atoms with Gasteiger partial charge in [0.15, 0.2) is 0 Å². The molecule has 1 aromatic heterocycles. The summed E-state index contributed by atoms with van der Waals surface area (Å²) in [5.41, 5.74) is -0.0691. The van der Waals surface area contributed by atoms with Gasteiger partial charge >= 0.3 is 7.60 Å². The first-order valence-electron chi connectivity index (χ1n) is 3.46. The number of thioether (sulfide) groups is 1. The van der Waals surface area contributed by atoms with E-state index in [0.717, 1.165) is 11.8 Å². The van der Waals surface area contributed by atoms with E-state index < -0.39 is 7.60 Å². The minimum atomic E-state index is -3.49. The summed E-state index contributed by atoms with van der Waals surface area (Å²) in [6.45, 7) is 1.86. The molecule has 0 aliphatic carbocycles. The van der Waals surface area contributed by atoms with E-state index in [1.807, 2.05) is 0 Å². The lowest BCUT2D eigenvalue weighted by Crippen LogP contribution is -1.91. The molecule has 0 aliphatic rings. The zero-order valence-corrected chi connectivity index (χ0v) is 8.59. The summed E-state index contributed by atoms with van der Waals surface area (Å²) >= 11 is 1.02. The van der Waals surface area contributed by atoms with Gasteiger partial charge < -0.3 is 9.42 Å². The van der Waals surface area contributed by atoms with Gasteiger partial charge in [-0.1, -0.05) is 11.8 Å². The van der Waals surface area contributed by atoms with E-state index in [0.29, 0.717) is 5.16 Å². The fourth-order valence-corrected chi connectivity index (χ4v) is 2.61. The van der Waals surface area contributed by atoms with Crippen LogP contribution in [0.2, 0.25) is 0 Å². The van der Waals surface area contributed by atoms with Crippen LogP contribution in [0.5, 0.6) is 0 Å². The van der Waals surface area contributed by atoms with Crippen molar-refractivity contribution >= 4 is 19.4 Å². The van der Waals surface area contributed by atoms with Crippen LogP contribution in [0.1, 0.15) is 6.92 Å². The van der Waals surface area contributed by atoms with E-state index in [1.54, 1.807) is 6.92 Å². The zero-order chi connectivity index (χ0) is 9.73. The molecule has 9 heteroatoms. The van der Waals surface area contributed by atoms with Crippen molar-refractivity contribution in [2.75, 3.05) is 12.1 Å². The van der Waals surface area contributed by atoms with Crippen LogP contribution < -0.4 is 0 Å². The lowest BCUT2D eigenvalue weighted by Gasteiger charge is -2.07. The monoisotopic (exact) mass is 224 g/mol. The van der Waals surface area contributed by atoms with Crippen LogP contribution in [-0.4, -0.2) is 37.6 Å². The third kappa shape index (κ3) is 3.86. The van der Waals surface area contributed by atoms with Crippen molar-refractivity contribution in [1.29, 1.82) is 0 Å². The Labute approximate surface area is 78.8 Å². The van der Waals surface area contributed by atoms with E-state index >= 15 is 0 Å². The number of hydrogen-bond donors (Lipinski definition) is 2. The molecular weight excluding hydrogens is 215 g/mol. The molecule has 1 unspecified atom stereocenters. The fraction of sp³-hybridized carbons (Fsp3) is 0.750. The van der Waals surface area contributed by atoms with Crippen molar-refractivity contribution in [1.82, 2.24) is 20.6 Å². The van der Waals surface area contributed by atoms with Crippen LogP contribution >= 0.6 is 19.4 Å². The molecule has 0 saturated carbocycles. The summed E-state index contributed by atoms with van der Waals surface area (Å²) in [6.07, 6.45) is 0. The van der Waals surface area contributed by atoms with Crippen LogP contribution in [0.3, 0.4) is 0 Å². The number of hydrogen-bond acceptors (Lipinski definition) is 6. The van der Waals surface area contributed by atoms with Gasteiger partial charge in [-0.2, -0.15) is 5.21 Å². The highest BCUT2D eigenvalue weighted by Gasteiger charge is 2.19. The molecule has 7 nitrogen and oxygen atoms in total. The Hall–Kier alpha value is -0.430. The number of H-pyrrole nitrogens is 1. The van der Waals surface area contributed by atoms with E-state index in [-0.39, 0.29) is 12.1 Å². The fourth-order valence-electron chi connectivity index (χ4n) is 0.592. The third-order valence-corrected chi connectivity index (χ3v) is 3.93. The Morgan fingerprint density at radius 2 is 2.54 bits per heavy atom. The minimum absolute atomic E-state index is 0.0691. The van der Waals surface area contributed by atoms with Crippen molar-refractivity contribution in [3.8, 4) is 0 Å². The van der Waals surface area contributed by atoms with Gasteiger partial charge in [0.25, 0.3) is 0 Å².